The summed E-state index contributed by atoms with van der Waals surface area (Å²) in [6.07, 6.45) is 0.771. The molecule has 0 bridgehead atoms. The molecule has 1 aromatic rings. The highest BCUT2D eigenvalue weighted by atomic mass is 35.5. The largest absolute Gasteiger partial charge is 0.385 e. The molecule has 1 spiro atoms. The molecule has 3 heterocycles. The number of nitrogens with one attached hydrogen (secondary N) is 2. The first-order valence-electron chi connectivity index (χ1n) is 9.83. The maximum absolute atomic E-state index is 13.4. The van der Waals surface area contributed by atoms with Crippen LogP contribution in [0, 0.1) is 11.8 Å². The van der Waals surface area contributed by atoms with E-state index in [0.29, 0.717) is 29.3 Å². The van der Waals surface area contributed by atoms with Crippen LogP contribution in [-0.2, 0) is 29.5 Å². The lowest BCUT2D eigenvalue weighted by atomic mass is 9.76. The third-order valence-electron chi connectivity index (χ3n) is 6.22. The highest BCUT2D eigenvalue weighted by Gasteiger charge is 2.70. The van der Waals surface area contributed by atoms with Gasteiger partial charge in [0.1, 0.15) is 5.54 Å². The van der Waals surface area contributed by atoms with Gasteiger partial charge in [0.25, 0.3) is 0 Å². The van der Waals surface area contributed by atoms with E-state index in [0.717, 1.165) is 0 Å². The molecule has 0 aliphatic carbocycles. The van der Waals surface area contributed by atoms with Crippen molar-refractivity contribution < 1.29 is 23.9 Å². The average molecular weight is 435 g/mol. The maximum atomic E-state index is 13.4. The lowest BCUT2D eigenvalue weighted by molar-refractivity contribution is -0.143. The maximum Gasteiger partial charge on any atom is 0.250 e. The van der Waals surface area contributed by atoms with Gasteiger partial charge in [-0.15, -0.1) is 0 Å². The Labute approximate surface area is 178 Å². The number of anilines is 1. The molecule has 3 aliphatic heterocycles. The number of para-hydroxylation sites is 1. The Balaban J connectivity index is 1.77. The van der Waals surface area contributed by atoms with Crippen molar-refractivity contribution in [3.8, 4) is 0 Å². The molecule has 30 heavy (non-hydrogen) atoms. The van der Waals surface area contributed by atoms with E-state index in [4.69, 9.17) is 22.1 Å². The van der Waals surface area contributed by atoms with Crippen LogP contribution in [0.15, 0.2) is 18.2 Å². The van der Waals surface area contributed by atoms with Crippen LogP contribution in [0.25, 0.3) is 0 Å². The third kappa shape index (κ3) is 2.91. The summed E-state index contributed by atoms with van der Waals surface area (Å²) in [5.74, 6) is -3.38. The normalized spacial score (nSPS) is 29.5. The van der Waals surface area contributed by atoms with E-state index >= 15 is 0 Å². The second-order valence-electron chi connectivity index (χ2n) is 7.86. The molecule has 160 valence electrons. The number of carbonyl (C=O) groups excluding carboxylic acids is 4. The number of nitrogens with zero attached hydrogens (tertiary/aromatic N) is 1. The summed E-state index contributed by atoms with van der Waals surface area (Å²) in [7, 11) is 1.55. The first-order valence-corrected chi connectivity index (χ1v) is 10.2. The van der Waals surface area contributed by atoms with E-state index in [2.05, 4.69) is 10.6 Å². The van der Waals surface area contributed by atoms with E-state index in [9.17, 15) is 19.2 Å². The Bertz CT molecular complexity index is 938. The number of methoxy groups -OCH3 is 1. The fourth-order valence-electron chi connectivity index (χ4n) is 4.99. The second-order valence-corrected chi connectivity index (χ2v) is 8.27. The lowest BCUT2D eigenvalue weighted by Gasteiger charge is -2.29. The molecule has 3 aliphatic rings. The first kappa shape index (κ1) is 20.8. The molecular weight excluding hydrogens is 412 g/mol. The summed E-state index contributed by atoms with van der Waals surface area (Å²) in [5.41, 5.74) is 4.86. The van der Waals surface area contributed by atoms with Crippen LogP contribution in [0.2, 0.25) is 5.02 Å². The van der Waals surface area contributed by atoms with Crippen molar-refractivity contribution in [1.82, 2.24) is 10.2 Å². The number of benzene rings is 1. The van der Waals surface area contributed by atoms with Crippen molar-refractivity contribution in [1.29, 1.82) is 0 Å². The van der Waals surface area contributed by atoms with Crippen LogP contribution in [0.3, 0.4) is 0 Å². The van der Waals surface area contributed by atoms with E-state index in [1.54, 1.807) is 25.3 Å². The summed E-state index contributed by atoms with van der Waals surface area (Å²) in [6.45, 7) is 0.612. The summed E-state index contributed by atoms with van der Waals surface area (Å²) in [6, 6.07) is 4.52. The van der Waals surface area contributed by atoms with Crippen molar-refractivity contribution in [2.45, 2.75) is 30.8 Å². The average Bonchev–Trinajstić information content (AvgIpc) is 3.28. The zero-order chi connectivity index (χ0) is 21.6. The van der Waals surface area contributed by atoms with E-state index in [1.807, 2.05) is 0 Å². The molecule has 0 aromatic heterocycles. The molecule has 9 nitrogen and oxygen atoms in total. The number of carbonyl (C=O) groups is 4. The van der Waals surface area contributed by atoms with Gasteiger partial charge in [-0.25, -0.2) is 0 Å². The molecule has 1 aromatic carbocycles. The van der Waals surface area contributed by atoms with Crippen LogP contribution in [0.1, 0.15) is 24.8 Å². The Morgan fingerprint density at radius 2 is 2.07 bits per heavy atom. The Morgan fingerprint density at radius 1 is 1.30 bits per heavy atom. The minimum absolute atomic E-state index is 0.0339. The van der Waals surface area contributed by atoms with E-state index in [-0.39, 0.29) is 25.3 Å². The van der Waals surface area contributed by atoms with Gasteiger partial charge in [0, 0.05) is 38.3 Å². The van der Waals surface area contributed by atoms with Crippen molar-refractivity contribution in [2.24, 2.45) is 17.6 Å². The smallest absolute Gasteiger partial charge is 0.250 e. The first-order chi connectivity index (χ1) is 14.3. The highest BCUT2D eigenvalue weighted by molar-refractivity contribution is 6.35. The van der Waals surface area contributed by atoms with Gasteiger partial charge >= 0.3 is 0 Å². The quantitative estimate of drug-likeness (QED) is 0.419. The number of likely N-dealkylation sites (tertiary alicyclic amines) is 1. The molecule has 4 N–H and O–H groups in total. The Kier molecular flexibility index (Phi) is 5.29. The van der Waals surface area contributed by atoms with E-state index < -0.39 is 41.1 Å². The van der Waals surface area contributed by atoms with Gasteiger partial charge in [-0.3, -0.25) is 29.4 Å². The number of hydrogen-bond acceptors (Lipinski definition) is 6. The number of rotatable bonds is 7. The van der Waals surface area contributed by atoms with Gasteiger partial charge in [0.05, 0.1) is 22.5 Å². The summed E-state index contributed by atoms with van der Waals surface area (Å²) < 4.78 is 5.03. The summed E-state index contributed by atoms with van der Waals surface area (Å²) in [5, 5.41) is 6.36. The fourth-order valence-corrected chi connectivity index (χ4v) is 5.21. The van der Waals surface area contributed by atoms with Crippen LogP contribution in [-0.4, -0.2) is 54.8 Å². The van der Waals surface area contributed by atoms with E-state index in [1.165, 1.54) is 4.90 Å². The summed E-state index contributed by atoms with van der Waals surface area (Å²) >= 11 is 6.28. The Morgan fingerprint density at radius 3 is 2.77 bits per heavy atom. The van der Waals surface area contributed by atoms with Crippen LogP contribution >= 0.6 is 11.6 Å². The van der Waals surface area contributed by atoms with Gasteiger partial charge in [-0.1, -0.05) is 23.7 Å². The number of primary amides is 1. The molecule has 4 amide bonds. The molecule has 0 radical (unpaired) electrons. The van der Waals surface area contributed by atoms with Crippen molar-refractivity contribution in [2.75, 3.05) is 25.6 Å². The van der Waals surface area contributed by atoms with Gasteiger partial charge in [0.15, 0.2) is 0 Å². The number of amides is 4. The third-order valence-corrected chi connectivity index (χ3v) is 6.54. The van der Waals surface area contributed by atoms with Crippen LogP contribution in [0.5, 0.6) is 0 Å². The van der Waals surface area contributed by atoms with Crippen molar-refractivity contribution in [3.05, 3.63) is 28.8 Å². The topological polar surface area (TPSA) is 131 Å². The zero-order valence-corrected chi connectivity index (χ0v) is 17.2. The number of fused-ring (bicyclic) bond motifs is 4. The monoisotopic (exact) mass is 434 g/mol. The van der Waals surface area contributed by atoms with Gasteiger partial charge in [-0.2, -0.15) is 0 Å². The lowest BCUT2D eigenvalue weighted by Crippen LogP contribution is -2.53. The van der Waals surface area contributed by atoms with Gasteiger partial charge < -0.3 is 15.8 Å². The second kappa shape index (κ2) is 7.64. The van der Waals surface area contributed by atoms with Crippen molar-refractivity contribution >= 4 is 40.9 Å². The molecule has 4 atom stereocenters. The molecular formula is C20H23ClN4O5. The van der Waals surface area contributed by atoms with Crippen LogP contribution in [0.4, 0.5) is 5.69 Å². The van der Waals surface area contributed by atoms with Crippen molar-refractivity contribution in [3.63, 3.8) is 0 Å². The minimum atomic E-state index is -1.42. The molecule has 4 unspecified atom stereocenters. The molecule has 10 heteroatoms. The molecule has 4 rings (SSSR count). The van der Waals surface area contributed by atoms with Gasteiger partial charge in [0.2, 0.25) is 23.6 Å². The number of ether oxygens (including phenoxy) is 1. The predicted octanol–water partition coefficient (Wildman–Crippen LogP) is 0.362. The Hall–Kier alpha value is -2.49. The number of imide groups is 1. The number of nitrogens with two attached hydrogens (primary N) is 1. The molecule has 2 fully saturated rings. The molecule has 0 saturated carbocycles. The molecule has 2 saturated heterocycles. The van der Waals surface area contributed by atoms with Crippen LogP contribution < -0.4 is 16.4 Å². The summed E-state index contributed by atoms with van der Waals surface area (Å²) in [4.78, 5) is 52.4. The fraction of sp³-hybridized carbons (Fsp3) is 0.500. The standard InChI is InChI=1S/C20H23ClN4O5/c1-30-9-3-8-25-17(27)14-12(6-7-13(22)26)24-20(15(14)18(25)28)10-4-2-5-11(21)16(10)23-19(20)29/h2,4-5,12,14-15,24H,3,6-9H2,1H3,(H2,22,26)(H,23,29). The predicted molar refractivity (Wildman–Crippen MR) is 107 cm³/mol. The highest BCUT2D eigenvalue weighted by Crippen LogP contribution is 2.54. The minimum Gasteiger partial charge on any atom is -0.385 e. The zero-order valence-electron chi connectivity index (χ0n) is 16.4. The number of hydrogen-bond donors (Lipinski definition) is 3. The number of halogens is 1. The SMILES string of the molecule is COCCCN1C(=O)C2C(CCC(N)=O)NC3(C(=O)Nc4c(Cl)cccc43)C2C1=O. The van der Waals surface area contributed by atoms with Gasteiger partial charge in [-0.05, 0) is 18.9 Å².